The van der Waals surface area contributed by atoms with Gasteiger partial charge in [-0.1, -0.05) is 30.3 Å². The third-order valence-electron chi connectivity index (χ3n) is 3.22. The van der Waals surface area contributed by atoms with Crippen LogP contribution in [-0.4, -0.2) is 25.7 Å². The lowest BCUT2D eigenvalue weighted by Crippen LogP contribution is -2.29. The zero-order valence-electron chi connectivity index (χ0n) is 10.6. The summed E-state index contributed by atoms with van der Waals surface area (Å²) >= 11 is 0. The Hall–Kier alpha value is -0.860. The molecule has 0 radical (unpaired) electrons. The SMILES string of the molecule is c1ccc(CCCCNCCNC2CC2)cc1. The van der Waals surface area contributed by atoms with Gasteiger partial charge in [-0.25, -0.2) is 0 Å². The van der Waals surface area contributed by atoms with Crippen molar-refractivity contribution in [1.29, 1.82) is 0 Å². The standard InChI is InChI=1S/C15H24N2/c1-2-6-14(7-3-1)8-4-5-11-16-12-13-17-15-9-10-15/h1-3,6-7,15-17H,4-5,8-13H2. The Morgan fingerprint density at radius 1 is 0.941 bits per heavy atom. The molecule has 0 aliphatic heterocycles. The van der Waals surface area contributed by atoms with Gasteiger partial charge in [-0.3, -0.25) is 0 Å². The zero-order valence-corrected chi connectivity index (χ0v) is 10.6. The van der Waals surface area contributed by atoms with Crippen LogP contribution < -0.4 is 10.6 Å². The molecule has 0 unspecified atom stereocenters. The third kappa shape index (κ3) is 5.85. The fraction of sp³-hybridized carbons (Fsp3) is 0.600. The van der Waals surface area contributed by atoms with Crippen molar-refractivity contribution in [2.24, 2.45) is 0 Å². The summed E-state index contributed by atoms with van der Waals surface area (Å²) in [4.78, 5) is 0. The molecular weight excluding hydrogens is 208 g/mol. The quantitative estimate of drug-likeness (QED) is 0.639. The number of nitrogens with one attached hydrogen (secondary N) is 2. The highest BCUT2D eigenvalue weighted by Gasteiger charge is 2.19. The van der Waals surface area contributed by atoms with Crippen LogP contribution >= 0.6 is 0 Å². The van der Waals surface area contributed by atoms with E-state index in [1.165, 1.54) is 37.7 Å². The second-order valence-corrected chi connectivity index (χ2v) is 4.92. The van der Waals surface area contributed by atoms with E-state index in [4.69, 9.17) is 0 Å². The second-order valence-electron chi connectivity index (χ2n) is 4.92. The van der Waals surface area contributed by atoms with Crippen molar-refractivity contribution >= 4 is 0 Å². The van der Waals surface area contributed by atoms with Gasteiger partial charge in [0.15, 0.2) is 0 Å². The van der Waals surface area contributed by atoms with E-state index < -0.39 is 0 Å². The number of hydrogen-bond donors (Lipinski definition) is 2. The van der Waals surface area contributed by atoms with Gasteiger partial charge in [0.1, 0.15) is 0 Å². The first-order chi connectivity index (χ1) is 8.45. The molecule has 1 saturated carbocycles. The summed E-state index contributed by atoms with van der Waals surface area (Å²) in [5, 5.41) is 7.00. The average molecular weight is 232 g/mol. The molecule has 0 atom stereocenters. The van der Waals surface area contributed by atoms with E-state index in [0.717, 1.165) is 25.7 Å². The predicted molar refractivity (Wildman–Crippen MR) is 73.3 cm³/mol. The van der Waals surface area contributed by atoms with Gasteiger partial charge in [-0.2, -0.15) is 0 Å². The smallest absolute Gasteiger partial charge is 0.00793 e. The Bertz CT molecular complexity index is 293. The maximum Gasteiger partial charge on any atom is 0.00793 e. The molecule has 0 aromatic heterocycles. The molecule has 0 heterocycles. The Morgan fingerprint density at radius 2 is 1.76 bits per heavy atom. The summed E-state index contributed by atoms with van der Waals surface area (Å²) in [6.07, 6.45) is 6.54. The topological polar surface area (TPSA) is 24.1 Å². The minimum atomic E-state index is 0.842. The van der Waals surface area contributed by atoms with Crippen LogP contribution in [0.5, 0.6) is 0 Å². The van der Waals surface area contributed by atoms with Crippen LogP contribution in [-0.2, 0) is 6.42 Å². The van der Waals surface area contributed by atoms with Crippen molar-refractivity contribution < 1.29 is 0 Å². The highest BCUT2D eigenvalue weighted by Crippen LogP contribution is 2.17. The summed E-state index contributed by atoms with van der Waals surface area (Å²) in [5.41, 5.74) is 1.46. The molecule has 1 aromatic carbocycles. The summed E-state index contributed by atoms with van der Waals surface area (Å²) in [6, 6.07) is 11.6. The third-order valence-corrected chi connectivity index (χ3v) is 3.22. The van der Waals surface area contributed by atoms with Crippen LogP contribution in [0.4, 0.5) is 0 Å². The van der Waals surface area contributed by atoms with Crippen molar-refractivity contribution in [1.82, 2.24) is 10.6 Å². The van der Waals surface area contributed by atoms with Gasteiger partial charge in [-0.05, 0) is 44.2 Å². The fourth-order valence-corrected chi connectivity index (χ4v) is 2.00. The minimum absolute atomic E-state index is 0.842. The molecule has 94 valence electrons. The largest absolute Gasteiger partial charge is 0.315 e. The molecule has 2 N–H and O–H groups in total. The fourth-order valence-electron chi connectivity index (χ4n) is 2.00. The van der Waals surface area contributed by atoms with Gasteiger partial charge in [0.25, 0.3) is 0 Å². The van der Waals surface area contributed by atoms with Crippen LogP contribution in [0.3, 0.4) is 0 Å². The number of aryl methyl sites for hydroxylation is 1. The maximum atomic E-state index is 3.51. The molecule has 1 aliphatic rings. The van der Waals surface area contributed by atoms with Gasteiger partial charge >= 0.3 is 0 Å². The molecule has 0 saturated heterocycles. The molecule has 0 amide bonds. The molecule has 2 nitrogen and oxygen atoms in total. The highest BCUT2D eigenvalue weighted by molar-refractivity contribution is 5.14. The molecule has 2 rings (SSSR count). The van der Waals surface area contributed by atoms with Crippen LogP contribution in [0, 0.1) is 0 Å². The number of unbranched alkanes of at least 4 members (excludes halogenated alkanes) is 1. The normalized spacial score (nSPS) is 15.1. The Morgan fingerprint density at radius 3 is 2.53 bits per heavy atom. The van der Waals surface area contributed by atoms with Crippen molar-refractivity contribution in [2.45, 2.75) is 38.1 Å². The van der Waals surface area contributed by atoms with Gasteiger partial charge in [0.05, 0.1) is 0 Å². The summed E-state index contributed by atoms with van der Waals surface area (Å²) in [5.74, 6) is 0. The Balaban J connectivity index is 1.38. The van der Waals surface area contributed by atoms with Crippen LogP contribution in [0.25, 0.3) is 0 Å². The number of hydrogen-bond acceptors (Lipinski definition) is 2. The van der Waals surface area contributed by atoms with Crippen molar-refractivity contribution in [3.8, 4) is 0 Å². The van der Waals surface area contributed by atoms with Crippen molar-refractivity contribution in [2.75, 3.05) is 19.6 Å². The molecule has 2 heteroatoms. The molecule has 0 spiro atoms. The van der Waals surface area contributed by atoms with E-state index in [1.54, 1.807) is 0 Å². The van der Waals surface area contributed by atoms with E-state index in [1.807, 2.05) is 0 Å². The van der Waals surface area contributed by atoms with E-state index in [-0.39, 0.29) is 0 Å². The summed E-state index contributed by atoms with van der Waals surface area (Å²) < 4.78 is 0. The van der Waals surface area contributed by atoms with E-state index >= 15 is 0 Å². The van der Waals surface area contributed by atoms with Crippen LogP contribution in [0.2, 0.25) is 0 Å². The maximum absolute atomic E-state index is 3.51. The Labute approximate surface area is 105 Å². The van der Waals surface area contributed by atoms with E-state index in [0.29, 0.717) is 0 Å². The van der Waals surface area contributed by atoms with Gasteiger partial charge in [0, 0.05) is 19.1 Å². The zero-order chi connectivity index (χ0) is 11.8. The van der Waals surface area contributed by atoms with Crippen molar-refractivity contribution in [3.63, 3.8) is 0 Å². The minimum Gasteiger partial charge on any atom is -0.315 e. The highest BCUT2D eigenvalue weighted by atomic mass is 15.0. The number of benzene rings is 1. The predicted octanol–water partition coefficient (Wildman–Crippen LogP) is 2.35. The number of rotatable bonds is 9. The van der Waals surface area contributed by atoms with E-state index in [9.17, 15) is 0 Å². The molecule has 1 fully saturated rings. The molecular formula is C15H24N2. The molecule has 1 aliphatic carbocycles. The summed E-state index contributed by atoms with van der Waals surface area (Å²) in [6.45, 7) is 3.39. The first kappa shape index (κ1) is 12.6. The van der Waals surface area contributed by atoms with Crippen LogP contribution in [0.15, 0.2) is 30.3 Å². The first-order valence-corrected chi connectivity index (χ1v) is 6.93. The van der Waals surface area contributed by atoms with Crippen molar-refractivity contribution in [3.05, 3.63) is 35.9 Å². The monoisotopic (exact) mass is 232 g/mol. The van der Waals surface area contributed by atoms with Crippen LogP contribution in [0.1, 0.15) is 31.2 Å². The van der Waals surface area contributed by atoms with Gasteiger partial charge in [0.2, 0.25) is 0 Å². The molecule has 17 heavy (non-hydrogen) atoms. The summed E-state index contributed by atoms with van der Waals surface area (Å²) in [7, 11) is 0. The second kappa shape index (κ2) is 7.46. The molecule has 0 bridgehead atoms. The lowest BCUT2D eigenvalue weighted by atomic mass is 10.1. The van der Waals surface area contributed by atoms with Gasteiger partial charge < -0.3 is 10.6 Å². The average Bonchev–Trinajstić information content (AvgIpc) is 3.18. The molecule has 1 aromatic rings. The lowest BCUT2D eigenvalue weighted by molar-refractivity contribution is 0.583. The first-order valence-electron chi connectivity index (χ1n) is 6.93. The van der Waals surface area contributed by atoms with E-state index in [2.05, 4.69) is 41.0 Å². The van der Waals surface area contributed by atoms with Gasteiger partial charge in [-0.15, -0.1) is 0 Å². The lowest BCUT2D eigenvalue weighted by Gasteiger charge is -2.05. The Kier molecular flexibility index (Phi) is 5.53.